The molecule has 0 aromatic carbocycles. The Kier molecular flexibility index (Phi) is 2.81. The fourth-order valence-electron chi connectivity index (χ4n) is 1.65. The van der Waals surface area contributed by atoms with Gasteiger partial charge >= 0.3 is 0 Å². The number of allylic oxidation sites excluding steroid dienone is 4. The van der Waals surface area contributed by atoms with Crippen LogP contribution in [0.4, 0.5) is 5.82 Å². The van der Waals surface area contributed by atoms with E-state index in [1.54, 1.807) is 12.3 Å². The lowest BCUT2D eigenvalue weighted by molar-refractivity contribution is 0.634. The maximum atomic E-state index is 5.62. The lowest BCUT2D eigenvalue weighted by Crippen LogP contribution is -2.01. The van der Waals surface area contributed by atoms with Gasteiger partial charge in [-0.2, -0.15) is 0 Å². The largest absolute Gasteiger partial charge is 0.384 e. The van der Waals surface area contributed by atoms with Gasteiger partial charge in [0.1, 0.15) is 5.82 Å². The molecule has 1 unspecified atom stereocenters. The van der Waals surface area contributed by atoms with E-state index in [1.165, 1.54) is 6.42 Å². The number of hydrogen-bond acceptors (Lipinski definition) is 3. The molecule has 0 spiro atoms. The zero-order valence-corrected chi connectivity index (χ0v) is 8.85. The molecule has 0 saturated carbocycles. The van der Waals surface area contributed by atoms with Gasteiger partial charge in [-0.25, -0.2) is 9.97 Å². The van der Waals surface area contributed by atoms with Gasteiger partial charge in [0.2, 0.25) is 0 Å². The SMILES string of the molecule is CCC1C=CC(c2nccc(N)n2)=CC1. The van der Waals surface area contributed by atoms with Gasteiger partial charge in [-0.05, 0) is 24.8 Å². The van der Waals surface area contributed by atoms with Crippen LogP contribution in [0.25, 0.3) is 5.57 Å². The molecule has 1 aliphatic carbocycles. The highest BCUT2D eigenvalue weighted by Gasteiger charge is 2.09. The molecule has 0 fully saturated rings. The molecule has 3 nitrogen and oxygen atoms in total. The molecule has 1 atom stereocenters. The van der Waals surface area contributed by atoms with Gasteiger partial charge in [0.25, 0.3) is 0 Å². The first-order chi connectivity index (χ1) is 7.29. The van der Waals surface area contributed by atoms with E-state index >= 15 is 0 Å². The van der Waals surface area contributed by atoms with E-state index in [-0.39, 0.29) is 0 Å². The molecule has 1 heterocycles. The van der Waals surface area contributed by atoms with Crippen LogP contribution in [-0.2, 0) is 0 Å². The normalized spacial score (nSPS) is 20.1. The Hall–Kier alpha value is -1.64. The number of nitrogen functional groups attached to an aromatic ring is 1. The van der Waals surface area contributed by atoms with E-state index in [2.05, 4.69) is 35.1 Å². The van der Waals surface area contributed by atoms with Gasteiger partial charge in [0, 0.05) is 11.8 Å². The molecule has 2 N–H and O–H groups in total. The summed E-state index contributed by atoms with van der Waals surface area (Å²) in [5.74, 6) is 1.91. The Bertz CT molecular complexity index is 407. The topological polar surface area (TPSA) is 51.8 Å². The minimum Gasteiger partial charge on any atom is -0.384 e. The molecule has 1 aromatic heterocycles. The molecule has 0 aliphatic heterocycles. The number of aromatic nitrogens is 2. The summed E-state index contributed by atoms with van der Waals surface area (Å²) in [4.78, 5) is 8.40. The quantitative estimate of drug-likeness (QED) is 0.799. The zero-order chi connectivity index (χ0) is 10.7. The molecular formula is C12H15N3. The molecule has 1 aliphatic rings. The fourth-order valence-corrected chi connectivity index (χ4v) is 1.65. The summed E-state index contributed by atoms with van der Waals surface area (Å²) < 4.78 is 0. The average Bonchev–Trinajstić information content (AvgIpc) is 2.29. The van der Waals surface area contributed by atoms with Crippen LogP contribution in [0.15, 0.2) is 30.5 Å². The minimum absolute atomic E-state index is 0.520. The first kappa shape index (κ1) is 9.90. The van der Waals surface area contributed by atoms with Crippen LogP contribution in [0, 0.1) is 5.92 Å². The van der Waals surface area contributed by atoms with Crippen LogP contribution in [-0.4, -0.2) is 9.97 Å². The first-order valence-corrected chi connectivity index (χ1v) is 5.27. The van der Waals surface area contributed by atoms with Crippen LogP contribution >= 0.6 is 0 Å². The molecule has 2 rings (SSSR count). The van der Waals surface area contributed by atoms with Crippen molar-refractivity contribution >= 4 is 11.4 Å². The van der Waals surface area contributed by atoms with Crippen molar-refractivity contribution in [2.45, 2.75) is 19.8 Å². The van der Waals surface area contributed by atoms with Crippen molar-refractivity contribution in [2.24, 2.45) is 5.92 Å². The van der Waals surface area contributed by atoms with E-state index in [0.29, 0.717) is 11.7 Å². The van der Waals surface area contributed by atoms with E-state index in [4.69, 9.17) is 5.73 Å². The molecule has 0 radical (unpaired) electrons. The number of hydrogen-bond donors (Lipinski definition) is 1. The molecular weight excluding hydrogens is 186 g/mol. The summed E-state index contributed by atoms with van der Waals surface area (Å²) in [6.45, 7) is 2.20. The van der Waals surface area contributed by atoms with Gasteiger partial charge in [0.05, 0.1) is 0 Å². The standard InChI is InChI=1S/C12H15N3/c1-2-9-3-5-10(6-4-9)12-14-8-7-11(13)15-12/h3,5-9H,2,4H2,1H3,(H2,13,14,15). The molecule has 1 aromatic rings. The summed E-state index contributed by atoms with van der Waals surface area (Å²) in [7, 11) is 0. The molecule has 78 valence electrons. The predicted octanol–water partition coefficient (Wildman–Crippen LogP) is 2.43. The molecule has 0 amide bonds. The second kappa shape index (κ2) is 4.26. The van der Waals surface area contributed by atoms with E-state index in [9.17, 15) is 0 Å². The molecule has 3 heteroatoms. The van der Waals surface area contributed by atoms with Gasteiger partial charge in [-0.15, -0.1) is 0 Å². The van der Waals surface area contributed by atoms with Crippen molar-refractivity contribution in [3.63, 3.8) is 0 Å². The molecule has 0 saturated heterocycles. The summed E-state index contributed by atoms with van der Waals surface area (Å²) in [6.07, 6.45) is 10.4. The summed E-state index contributed by atoms with van der Waals surface area (Å²) >= 11 is 0. The Morgan fingerprint density at radius 1 is 1.53 bits per heavy atom. The van der Waals surface area contributed by atoms with E-state index in [1.807, 2.05) is 0 Å². The zero-order valence-electron chi connectivity index (χ0n) is 8.85. The Labute approximate surface area is 89.7 Å². The first-order valence-electron chi connectivity index (χ1n) is 5.27. The van der Waals surface area contributed by atoms with Gasteiger partial charge < -0.3 is 5.73 Å². The Morgan fingerprint density at radius 3 is 3.00 bits per heavy atom. The number of nitrogens with zero attached hydrogens (tertiary/aromatic N) is 2. The van der Waals surface area contributed by atoms with Crippen molar-refractivity contribution in [1.82, 2.24) is 9.97 Å². The summed E-state index contributed by atoms with van der Waals surface area (Å²) in [6, 6.07) is 1.70. The van der Waals surface area contributed by atoms with Crippen LogP contribution < -0.4 is 5.73 Å². The highest BCUT2D eigenvalue weighted by molar-refractivity contribution is 5.70. The smallest absolute Gasteiger partial charge is 0.161 e. The minimum atomic E-state index is 0.520. The van der Waals surface area contributed by atoms with Crippen molar-refractivity contribution in [2.75, 3.05) is 5.73 Å². The predicted molar refractivity (Wildman–Crippen MR) is 62.0 cm³/mol. The third kappa shape index (κ3) is 2.24. The third-order valence-corrected chi connectivity index (χ3v) is 2.65. The second-order valence-corrected chi connectivity index (χ2v) is 3.73. The van der Waals surface area contributed by atoms with Gasteiger partial charge in [-0.3, -0.25) is 0 Å². The maximum absolute atomic E-state index is 5.62. The maximum Gasteiger partial charge on any atom is 0.161 e. The monoisotopic (exact) mass is 201 g/mol. The van der Waals surface area contributed by atoms with Crippen molar-refractivity contribution < 1.29 is 0 Å². The van der Waals surface area contributed by atoms with E-state index in [0.717, 1.165) is 17.8 Å². The van der Waals surface area contributed by atoms with Crippen molar-refractivity contribution in [3.8, 4) is 0 Å². The fraction of sp³-hybridized carbons (Fsp3) is 0.333. The second-order valence-electron chi connectivity index (χ2n) is 3.73. The summed E-state index contributed by atoms with van der Waals surface area (Å²) in [5.41, 5.74) is 6.69. The van der Waals surface area contributed by atoms with Crippen LogP contribution in [0.5, 0.6) is 0 Å². The van der Waals surface area contributed by atoms with Crippen molar-refractivity contribution in [3.05, 3.63) is 36.3 Å². The number of anilines is 1. The summed E-state index contributed by atoms with van der Waals surface area (Å²) in [5, 5.41) is 0. The highest BCUT2D eigenvalue weighted by atomic mass is 14.9. The molecule has 15 heavy (non-hydrogen) atoms. The number of rotatable bonds is 2. The average molecular weight is 201 g/mol. The lowest BCUT2D eigenvalue weighted by Gasteiger charge is -2.13. The van der Waals surface area contributed by atoms with Crippen LogP contribution in [0.2, 0.25) is 0 Å². The van der Waals surface area contributed by atoms with Crippen molar-refractivity contribution in [1.29, 1.82) is 0 Å². The Balaban J connectivity index is 2.20. The van der Waals surface area contributed by atoms with Crippen LogP contribution in [0.3, 0.4) is 0 Å². The van der Waals surface area contributed by atoms with E-state index < -0.39 is 0 Å². The number of nitrogens with two attached hydrogens (primary N) is 1. The van der Waals surface area contributed by atoms with Crippen LogP contribution in [0.1, 0.15) is 25.6 Å². The lowest BCUT2D eigenvalue weighted by atomic mass is 9.94. The highest BCUT2D eigenvalue weighted by Crippen LogP contribution is 2.23. The third-order valence-electron chi connectivity index (χ3n) is 2.65. The molecule has 0 bridgehead atoms. The Morgan fingerprint density at radius 2 is 2.40 bits per heavy atom. The van der Waals surface area contributed by atoms with Gasteiger partial charge in [0.15, 0.2) is 5.82 Å². The van der Waals surface area contributed by atoms with Gasteiger partial charge in [-0.1, -0.05) is 25.2 Å².